The number of nitrogens with one attached hydrogen (secondary N) is 2. The standard InChI is InChI=1S/C19H34N4O3S.HI/c1-6-20-19(21-10-7-11-23(3)12-13-26-4)22-15-17-8-9-18(16(2)14-17)27(5,24)25;/h8-9,14H,6-7,10-13,15H2,1-5H3,(H2,20,21,22);1H. The Labute approximate surface area is 187 Å². The number of aryl methyl sites for hydroxylation is 1. The molecule has 9 heteroatoms. The van der Waals surface area contributed by atoms with Gasteiger partial charge in [-0.3, -0.25) is 0 Å². The molecule has 7 nitrogen and oxygen atoms in total. The zero-order valence-electron chi connectivity index (χ0n) is 17.6. The van der Waals surface area contributed by atoms with Crippen molar-refractivity contribution >= 4 is 39.8 Å². The maximum absolute atomic E-state index is 11.7. The summed E-state index contributed by atoms with van der Waals surface area (Å²) in [4.78, 5) is 7.20. The monoisotopic (exact) mass is 526 g/mol. The van der Waals surface area contributed by atoms with Crippen LogP contribution in [0.5, 0.6) is 0 Å². The first-order chi connectivity index (χ1) is 12.8. The summed E-state index contributed by atoms with van der Waals surface area (Å²) in [6, 6.07) is 5.36. The molecule has 0 fully saturated rings. The summed E-state index contributed by atoms with van der Waals surface area (Å²) in [6.45, 7) is 8.60. The van der Waals surface area contributed by atoms with E-state index in [0.717, 1.165) is 56.3 Å². The molecule has 0 spiro atoms. The van der Waals surface area contributed by atoms with Crippen molar-refractivity contribution in [3.63, 3.8) is 0 Å². The topological polar surface area (TPSA) is 83.0 Å². The van der Waals surface area contributed by atoms with Gasteiger partial charge in [-0.1, -0.05) is 12.1 Å². The molecule has 1 aromatic rings. The fraction of sp³-hybridized carbons (Fsp3) is 0.632. The Balaban J connectivity index is 0.00000729. The van der Waals surface area contributed by atoms with E-state index in [9.17, 15) is 8.42 Å². The summed E-state index contributed by atoms with van der Waals surface area (Å²) in [5, 5.41) is 6.57. The van der Waals surface area contributed by atoms with Crippen molar-refractivity contribution in [2.75, 3.05) is 53.2 Å². The van der Waals surface area contributed by atoms with E-state index in [4.69, 9.17) is 4.74 Å². The molecule has 0 heterocycles. The highest BCUT2D eigenvalue weighted by atomic mass is 127. The molecule has 0 amide bonds. The second-order valence-electron chi connectivity index (χ2n) is 6.64. The van der Waals surface area contributed by atoms with Gasteiger partial charge < -0.3 is 20.3 Å². The van der Waals surface area contributed by atoms with Crippen LogP contribution in [-0.2, 0) is 21.1 Å². The molecule has 1 rings (SSSR count). The molecule has 0 unspecified atom stereocenters. The summed E-state index contributed by atoms with van der Waals surface area (Å²) < 4.78 is 28.5. The van der Waals surface area contributed by atoms with E-state index in [1.165, 1.54) is 6.26 Å². The molecule has 0 aliphatic heterocycles. The predicted octanol–water partition coefficient (Wildman–Crippen LogP) is 2.04. The molecule has 0 radical (unpaired) electrons. The minimum atomic E-state index is -3.19. The van der Waals surface area contributed by atoms with Crippen LogP contribution in [0.4, 0.5) is 0 Å². The van der Waals surface area contributed by atoms with Gasteiger partial charge in [-0.15, -0.1) is 24.0 Å². The second kappa shape index (κ2) is 14.1. The third-order valence-electron chi connectivity index (χ3n) is 4.09. The second-order valence-corrected chi connectivity index (χ2v) is 8.63. The Morgan fingerprint density at radius 2 is 1.96 bits per heavy atom. The lowest BCUT2D eigenvalue weighted by Crippen LogP contribution is -2.38. The van der Waals surface area contributed by atoms with Gasteiger partial charge in [0.25, 0.3) is 0 Å². The quantitative estimate of drug-likeness (QED) is 0.199. The van der Waals surface area contributed by atoms with E-state index in [0.29, 0.717) is 11.4 Å². The maximum atomic E-state index is 11.7. The Kier molecular flexibility index (Phi) is 13.7. The van der Waals surface area contributed by atoms with E-state index in [-0.39, 0.29) is 24.0 Å². The van der Waals surface area contributed by atoms with Gasteiger partial charge in [0.1, 0.15) is 0 Å². The minimum absolute atomic E-state index is 0. The SMILES string of the molecule is CCNC(=NCc1ccc(S(C)(=O)=O)c(C)c1)NCCCN(C)CCOC.I. The van der Waals surface area contributed by atoms with Gasteiger partial charge in [0, 0.05) is 33.0 Å². The normalized spacial score (nSPS) is 12.0. The number of benzene rings is 1. The first-order valence-electron chi connectivity index (χ1n) is 9.27. The zero-order chi connectivity index (χ0) is 20.3. The molecule has 1 aromatic carbocycles. The summed E-state index contributed by atoms with van der Waals surface area (Å²) in [5.74, 6) is 0.766. The molecule has 0 atom stereocenters. The number of guanidine groups is 1. The van der Waals surface area contributed by atoms with Crippen LogP contribution in [0.25, 0.3) is 0 Å². The molecule has 0 bridgehead atoms. The van der Waals surface area contributed by atoms with Gasteiger partial charge in [-0.05, 0) is 51.1 Å². The number of rotatable bonds is 11. The molecule has 0 aromatic heterocycles. The molecule has 0 saturated carbocycles. The number of aliphatic imine (C=N–C) groups is 1. The first-order valence-corrected chi connectivity index (χ1v) is 11.2. The molecule has 2 N–H and O–H groups in total. The molecule has 0 aliphatic carbocycles. The molecular formula is C19H35IN4O3S. The van der Waals surface area contributed by atoms with Crippen LogP contribution in [0.2, 0.25) is 0 Å². The lowest BCUT2D eigenvalue weighted by Gasteiger charge is -2.17. The highest BCUT2D eigenvalue weighted by molar-refractivity contribution is 14.0. The highest BCUT2D eigenvalue weighted by Crippen LogP contribution is 2.17. The fourth-order valence-corrected chi connectivity index (χ4v) is 3.61. The van der Waals surface area contributed by atoms with Crippen molar-refractivity contribution in [3.8, 4) is 0 Å². The van der Waals surface area contributed by atoms with Gasteiger partial charge in [-0.25, -0.2) is 13.4 Å². The zero-order valence-corrected chi connectivity index (χ0v) is 20.8. The summed E-state index contributed by atoms with van der Waals surface area (Å²) >= 11 is 0. The Bertz CT molecular complexity index is 711. The van der Waals surface area contributed by atoms with Crippen LogP contribution in [0, 0.1) is 6.92 Å². The first kappa shape index (κ1) is 27.1. The van der Waals surface area contributed by atoms with Crippen molar-refractivity contribution in [2.45, 2.75) is 31.7 Å². The van der Waals surface area contributed by atoms with Crippen molar-refractivity contribution < 1.29 is 13.2 Å². The van der Waals surface area contributed by atoms with Gasteiger partial charge in [0.2, 0.25) is 0 Å². The molecule has 162 valence electrons. The van der Waals surface area contributed by atoms with E-state index >= 15 is 0 Å². The molecular weight excluding hydrogens is 491 g/mol. The van der Waals surface area contributed by atoms with Crippen molar-refractivity contribution in [3.05, 3.63) is 29.3 Å². The Morgan fingerprint density at radius 3 is 2.54 bits per heavy atom. The highest BCUT2D eigenvalue weighted by Gasteiger charge is 2.10. The van der Waals surface area contributed by atoms with E-state index in [1.54, 1.807) is 13.2 Å². The largest absolute Gasteiger partial charge is 0.383 e. The lowest BCUT2D eigenvalue weighted by molar-refractivity contribution is 0.161. The minimum Gasteiger partial charge on any atom is -0.383 e. The van der Waals surface area contributed by atoms with Crippen LogP contribution in [0.1, 0.15) is 24.5 Å². The summed E-state index contributed by atoms with van der Waals surface area (Å²) in [5.41, 5.74) is 1.73. The van der Waals surface area contributed by atoms with Crippen LogP contribution < -0.4 is 10.6 Å². The van der Waals surface area contributed by atoms with E-state index in [2.05, 4.69) is 27.6 Å². The number of nitrogens with zero attached hydrogens (tertiary/aromatic N) is 2. The van der Waals surface area contributed by atoms with Gasteiger partial charge in [-0.2, -0.15) is 0 Å². The average Bonchev–Trinajstić information content (AvgIpc) is 2.60. The summed E-state index contributed by atoms with van der Waals surface area (Å²) in [6.07, 6.45) is 2.24. The number of sulfone groups is 1. The number of ether oxygens (including phenoxy) is 1. The van der Waals surface area contributed by atoms with Gasteiger partial charge in [0.15, 0.2) is 15.8 Å². The number of hydrogen-bond acceptors (Lipinski definition) is 5. The average molecular weight is 526 g/mol. The molecule has 0 saturated heterocycles. The van der Waals surface area contributed by atoms with Crippen molar-refractivity contribution in [1.29, 1.82) is 0 Å². The van der Waals surface area contributed by atoms with E-state index < -0.39 is 9.84 Å². The maximum Gasteiger partial charge on any atom is 0.191 e. The predicted molar refractivity (Wildman–Crippen MR) is 127 cm³/mol. The van der Waals surface area contributed by atoms with E-state index in [1.807, 2.05) is 26.0 Å². The third kappa shape index (κ3) is 10.6. The van der Waals surface area contributed by atoms with Crippen LogP contribution >= 0.6 is 24.0 Å². The van der Waals surface area contributed by atoms with Gasteiger partial charge >= 0.3 is 0 Å². The Morgan fingerprint density at radius 1 is 1.25 bits per heavy atom. The fourth-order valence-electron chi connectivity index (χ4n) is 2.65. The van der Waals surface area contributed by atoms with Crippen LogP contribution in [-0.4, -0.2) is 72.5 Å². The third-order valence-corrected chi connectivity index (χ3v) is 5.35. The number of halogens is 1. The number of likely N-dealkylation sites (N-methyl/N-ethyl adjacent to an activating group) is 1. The smallest absolute Gasteiger partial charge is 0.191 e. The number of hydrogen-bond donors (Lipinski definition) is 2. The van der Waals surface area contributed by atoms with Crippen LogP contribution in [0.3, 0.4) is 0 Å². The summed E-state index contributed by atoms with van der Waals surface area (Å²) in [7, 11) is 0.607. The van der Waals surface area contributed by atoms with Crippen molar-refractivity contribution in [1.82, 2.24) is 15.5 Å². The van der Waals surface area contributed by atoms with Crippen LogP contribution in [0.15, 0.2) is 28.1 Å². The number of methoxy groups -OCH3 is 1. The molecule has 0 aliphatic rings. The van der Waals surface area contributed by atoms with Gasteiger partial charge in [0.05, 0.1) is 18.0 Å². The Hall–Kier alpha value is -0.910. The van der Waals surface area contributed by atoms with Crippen molar-refractivity contribution in [2.24, 2.45) is 4.99 Å². The molecule has 28 heavy (non-hydrogen) atoms. The lowest BCUT2D eigenvalue weighted by atomic mass is 10.1.